The largest absolute Gasteiger partial charge is 0.403 e. The fraction of sp³-hybridized carbons (Fsp3) is 0.320. The first kappa shape index (κ1) is 23.4. The van der Waals surface area contributed by atoms with E-state index in [0.717, 1.165) is 17.4 Å². The molecule has 0 spiro atoms. The zero-order chi connectivity index (χ0) is 24.2. The van der Waals surface area contributed by atoms with Crippen molar-refractivity contribution in [1.82, 2.24) is 15.5 Å². The summed E-state index contributed by atoms with van der Waals surface area (Å²) in [5.74, 6) is -1.50. The maximum atomic E-state index is 15.0. The van der Waals surface area contributed by atoms with Gasteiger partial charge in [-0.05, 0) is 37.1 Å². The van der Waals surface area contributed by atoms with E-state index < -0.39 is 17.6 Å². The Kier molecular flexibility index (Phi) is 6.90. The highest BCUT2D eigenvalue weighted by atomic mass is 19.1. The van der Waals surface area contributed by atoms with E-state index in [-0.39, 0.29) is 24.4 Å². The van der Waals surface area contributed by atoms with Gasteiger partial charge in [0.1, 0.15) is 17.9 Å². The van der Waals surface area contributed by atoms with Gasteiger partial charge in [0.25, 0.3) is 0 Å². The van der Waals surface area contributed by atoms with E-state index in [9.17, 15) is 13.6 Å². The summed E-state index contributed by atoms with van der Waals surface area (Å²) in [5.41, 5.74) is 2.75. The van der Waals surface area contributed by atoms with Gasteiger partial charge in [0, 0.05) is 55.0 Å². The third kappa shape index (κ3) is 4.78. The Morgan fingerprint density at radius 2 is 1.97 bits per heavy atom. The zero-order valence-corrected chi connectivity index (χ0v) is 19.1. The summed E-state index contributed by atoms with van der Waals surface area (Å²) >= 11 is 0. The fourth-order valence-corrected chi connectivity index (χ4v) is 4.15. The van der Waals surface area contributed by atoms with Gasteiger partial charge in [-0.15, -0.1) is 5.10 Å². The summed E-state index contributed by atoms with van der Waals surface area (Å²) in [6.07, 6.45) is 1.20. The number of halogens is 2. The molecular formula is C25H27F2N5O2. The lowest BCUT2D eigenvalue weighted by Crippen LogP contribution is -2.55. The predicted molar refractivity (Wildman–Crippen MR) is 127 cm³/mol. The number of nitrogens with one attached hydrogen (secondary N) is 2. The number of carbonyl (C=O) groups excluding carboxylic acids is 1. The molecule has 0 saturated carbocycles. The van der Waals surface area contributed by atoms with Crippen LogP contribution in [0.1, 0.15) is 29.9 Å². The minimum Gasteiger partial charge on any atom is -0.403 e. The first-order chi connectivity index (χ1) is 16.4. The second kappa shape index (κ2) is 10.0. The molecule has 2 N–H and O–H groups in total. The van der Waals surface area contributed by atoms with Gasteiger partial charge in [0.15, 0.2) is 0 Å². The number of aldehydes is 1. The smallest absolute Gasteiger partial charge is 0.316 e. The van der Waals surface area contributed by atoms with Gasteiger partial charge < -0.3 is 24.7 Å². The van der Waals surface area contributed by atoms with Gasteiger partial charge in [-0.1, -0.05) is 29.9 Å². The van der Waals surface area contributed by atoms with Crippen molar-refractivity contribution in [3.05, 3.63) is 71.4 Å². The summed E-state index contributed by atoms with van der Waals surface area (Å²) in [4.78, 5) is 12.7. The van der Waals surface area contributed by atoms with Crippen molar-refractivity contribution in [3.8, 4) is 11.5 Å². The Labute approximate surface area is 196 Å². The van der Waals surface area contributed by atoms with E-state index in [1.807, 2.05) is 36.1 Å². The van der Waals surface area contributed by atoms with Crippen LogP contribution in [0.5, 0.6) is 0 Å². The van der Waals surface area contributed by atoms with Crippen LogP contribution in [0.25, 0.3) is 11.5 Å². The quantitative estimate of drug-likeness (QED) is 0.427. The number of aromatic nitrogens is 2. The van der Waals surface area contributed by atoms with Gasteiger partial charge in [-0.3, -0.25) is 0 Å². The molecule has 4 rings (SSSR count). The molecule has 9 heteroatoms. The highest BCUT2D eigenvalue weighted by Gasteiger charge is 2.31. The minimum atomic E-state index is -0.654. The molecule has 1 aliphatic rings. The third-order valence-corrected chi connectivity index (χ3v) is 6.10. The van der Waals surface area contributed by atoms with Crippen LogP contribution in [0.4, 0.5) is 20.5 Å². The highest BCUT2D eigenvalue weighted by molar-refractivity contribution is 5.59. The maximum absolute atomic E-state index is 15.0. The van der Waals surface area contributed by atoms with E-state index in [2.05, 4.69) is 27.4 Å². The Morgan fingerprint density at radius 1 is 1.26 bits per heavy atom. The van der Waals surface area contributed by atoms with Crippen molar-refractivity contribution in [2.75, 3.05) is 30.4 Å². The normalized spacial score (nSPS) is 14.4. The molecule has 1 aromatic heterocycles. The number of likely N-dealkylation sites (N-methyl/N-ethyl adjacent to an activating group) is 1. The summed E-state index contributed by atoms with van der Waals surface area (Å²) in [6.45, 7) is 6.87. The number of aryl methyl sites for hydroxylation is 1. The number of hydrogen-bond acceptors (Lipinski definition) is 7. The van der Waals surface area contributed by atoms with Crippen molar-refractivity contribution in [1.29, 1.82) is 0 Å². The van der Waals surface area contributed by atoms with Gasteiger partial charge in [-0.25, -0.2) is 8.78 Å². The molecule has 178 valence electrons. The Morgan fingerprint density at radius 3 is 2.62 bits per heavy atom. The molecule has 1 aliphatic heterocycles. The van der Waals surface area contributed by atoms with Crippen molar-refractivity contribution in [3.63, 3.8) is 0 Å². The average Bonchev–Trinajstić information content (AvgIpc) is 3.25. The molecule has 0 radical (unpaired) electrons. The lowest BCUT2D eigenvalue weighted by atomic mass is 9.90. The number of allylic oxidation sites excluding steroid dienone is 1. The van der Waals surface area contributed by atoms with E-state index in [1.165, 1.54) is 12.1 Å². The fourth-order valence-electron chi connectivity index (χ4n) is 4.15. The molecule has 3 aromatic rings. The molecule has 0 bridgehead atoms. The first-order valence-corrected chi connectivity index (χ1v) is 11.1. The summed E-state index contributed by atoms with van der Waals surface area (Å²) in [6, 6.07) is 10.7. The lowest BCUT2D eigenvalue weighted by Gasteiger charge is -2.41. The second-order valence-corrected chi connectivity index (χ2v) is 8.37. The van der Waals surface area contributed by atoms with Crippen LogP contribution < -0.4 is 15.5 Å². The van der Waals surface area contributed by atoms with Crippen molar-refractivity contribution >= 4 is 18.0 Å². The Bertz CT molecular complexity index is 1170. The van der Waals surface area contributed by atoms with Gasteiger partial charge in [0.2, 0.25) is 5.89 Å². The average molecular weight is 468 g/mol. The Hall–Kier alpha value is -3.75. The molecule has 1 unspecified atom stereocenters. The van der Waals surface area contributed by atoms with E-state index in [0.29, 0.717) is 36.4 Å². The topological polar surface area (TPSA) is 83.3 Å². The van der Waals surface area contributed by atoms with Crippen molar-refractivity contribution in [2.24, 2.45) is 0 Å². The predicted octanol–water partition coefficient (Wildman–Crippen LogP) is 4.42. The van der Waals surface area contributed by atoms with Crippen molar-refractivity contribution < 1.29 is 18.0 Å². The van der Waals surface area contributed by atoms with Crippen LogP contribution in [0.3, 0.4) is 0 Å². The molecule has 1 saturated heterocycles. The lowest BCUT2D eigenvalue weighted by molar-refractivity contribution is -0.108. The molecular weight excluding hydrogens is 440 g/mol. The summed E-state index contributed by atoms with van der Waals surface area (Å²) in [5, 5.41) is 14.2. The molecule has 1 atom stereocenters. The molecule has 2 aromatic carbocycles. The van der Waals surface area contributed by atoms with E-state index in [4.69, 9.17) is 4.42 Å². The van der Waals surface area contributed by atoms with E-state index in [1.54, 1.807) is 7.05 Å². The third-order valence-electron chi connectivity index (χ3n) is 6.10. The van der Waals surface area contributed by atoms with Crippen LogP contribution in [0, 0.1) is 18.6 Å². The van der Waals surface area contributed by atoms with Gasteiger partial charge >= 0.3 is 6.01 Å². The number of carbonyl (C=O) groups is 1. The number of benzene rings is 2. The van der Waals surface area contributed by atoms with Gasteiger partial charge in [0.05, 0.1) is 6.04 Å². The summed E-state index contributed by atoms with van der Waals surface area (Å²) in [7, 11) is 1.64. The molecule has 0 amide bonds. The molecule has 1 fully saturated rings. The van der Waals surface area contributed by atoms with Crippen LogP contribution in [-0.4, -0.2) is 42.7 Å². The van der Waals surface area contributed by atoms with Crippen molar-refractivity contribution in [2.45, 2.75) is 31.7 Å². The van der Waals surface area contributed by atoms with Crippen LogP contribution in [-0.2, 0) is 4.79 Å². The zero-order valence-electron chi connectivity index (χ0n) is 19.1. The van der Waals surface area contributed by atoms with E-state index >= 15 is 0 Å². The molecule has 7 nitrogen and oxygen atoms in total. The van der Waals surface area contributed by atoms with Crippen LogP contribution in [0.15, 0.2) is 53.1 Å². The van der Waals surface area contributed by atoms with Crippen LogP contribution >= 0.6 is 0 Å². The highest BCUT2D eigenvalue weighted by Crippen LogP contribution is 2.35. The van der Waals surface area contributed by atoms with Gasteiger partial charge in [-0.2, -0.15) is 0 Å². The maximum Gasteiger partial charge on any atom is 0.316 e. The first-order valence-electron chi connectivity index (χ1n) is 11.1. The van der Waals surface area contributed by atoms with Crippen LogP contribution in [0.2, 0.25) is 0 Å². The number of anilines is 2. The minimum absolute atomic E-state index is 0.000350. The standard InChI is InChI=1S/C25H27F2N5O2/c1-15-7-4-5-8-19(15)24-30-31-25(34-24)29-17-13-32(14-17)18-11-21(26)23(22(27)12-18)20(9-6-10-33)16(2)28-3/h4-5,7-8,10-12,17,20,28H,2,6,9,13-14H2,1,3H3,(H,29,31). The SMILES string of the molecule is C=C(NC)C(CCC=O)c1c(F)cc(N2CC(Nc3nnc(-c4ccccc4C)o3)C2)cc1F. The Balaban J connectivity index is 1.41. The molecule has 0 aliphatic carbocycles. The monoisotopic (exact) mass is 467 g/mol. The number of hydrogen-bond donors (Lipinski definition) is 2. The molecule has 34 heavy (non-hydrogen) atoms. The number of nitrogens with zero attached hydrogens (tertiary/aromatic N) is 3. The second-order valence-electron chi connectivity index (χ2n) is 8.37. The molecule has 2 heterocycles. The number of rotatable bonds is 10. The summed E-state index contributed by atoms with van der Waals surface area (Å²) < 4.78 is 35.7.